The molecule has 3 aromatic carbocycles. The second-order valence-electron chi connectivity index (χ2n) is 7.01. The fraction of sp³-hybridized carbons (Fsp3) is 0.167. The molecule has 4 nitrogen and oxygen atoms in total. The molecule has 29 heavy (non-hydrogen) atoms. The molecular weight excluding hydrogens is 382 g/mol. The number of aliphatic hydroxyl groups is 1. The average Bonchev–Trinajstić information content (AvgIpc) is 2.74. The molecule has 0 heterocycles. The van der Waals surface area contributed by atoms with Crippen LogP contribution >= 0.6 is 0 Å². The van der Waals surface area contributed by atoms with Gasteiger partial charge in [0, 0.05) is 13.1 Å². The lowest BCUT2D eigenvalue weighted by Crippen LogP contribution is -2.36. The summed E-state index contributed by atoms with van der Waals surface area (Å²) in [6.07, 6.45) is -0.944. The molecule has 5 heteroatoms. The van der Waals surface area contributed by atoms with E-state index in [1.807, 2.05) is 55.5 Å². The number of rotatable bonds is 8. The molecule has 1 unspecified atom stereocenters. The molecule has 1 N–H and O–H groups in total. The highest BCUT2D eigenvalue weighted by molar-refractivity contribution is 7.89. The minimum Gasteiger partial charge on any atom is -0.387 e. The lowest BCUT2D eigenvalue weighted by molar-refractivity contribution is 0.151. The summed E-state index contributed by atoms with van der Waals surface area (Å²) in [5.74, 6) is 0. The Bertz CT molecular complexity index is 1050. The van der Waals surface area contributed by atoms with Gasteiger partial charge in [0.1, 0.15) is 0 Å². The smallest absolute Gasteiger partial charge is 0.243 e. The lowest BCUT2D eigenvalue weighted by Gasteiger charge is -2.26. The Hall–Kier alpha value is -2.73. The van der Waals surface area contributed by atoms with Crippen LogP contribution in [0.15, 0.2) is 96.4 Å². The van der Waals surface area contributed by atoms with Crippen LogP contribution in [0.3, 0.4) is 0 Å². The fourth-order valence-electron chi connectivity index (χ4n) is 3.06. The summed E-state index contributed by atoms with van der Waals surface area (Å²) in [6.45, 7) is 6.01. The Morgan fingerprint density at radius 2 is 1.48 bits per heavy atom. The molecule has 0 spiro atoms. The summed E-state index contributed by atoms with van der Waals surface area (Å²) in [7, 11) is -3.81. The first-order chi connectivity index (χ1) is 13.9. The van der Waals surface area contributed by atoms with Gasteiger partial charge in [-0.15, -0.1) is 0 Å². The highest BCUT2D eigenvalue weighted by Gasteiger charge is 2.28. The van der Waals surface area contributed by atoms with Crippen molar-refractivity contribution in [2.75, 3.05) is 13.1 Å². The summed E-state index contributed by atoms with van der Waals surface area (Å²) < 4.78 is 28.0. The molecule has 3 aromatic rings. The van der Waals surface area contributed by atoms with E-state index in [4.69, 9.17) is 0 Å². The number of aryl methyl sites for hydroxylation is 1. The van der Waals surface area contributed by atoms with Crippen LogP contribution in [-0.4, -0.2) is 30.9 Å². The molecule has 0 fully saturated rings. The van der Waals surface area contributed by atoms with Crippen LogP contribution in [0, 0.1) is 6.92 Å². The van der Waals surface area contributed by atoms with Crippen LogP contribution in [0.5, 0.6) is 0 Å². The monoisotopic (exact) mass is 407 g/mol. The Morgan fingerprint density at radius 3 is 2.07 bits per heavy atom. The van der Waals surface area contributed by atoms with Crippen LogP contribution in [0.25, 0.3) is 5.57 Å². The van der Waals surface area contributed by atoms with Gasteiger partial charge in [-0.3, -0.25) is 0 Å². The topological polar surface area (TPSA) is 57.6 Å². The summed E-state index contributed by atoms with van der Waals surface area (Å²) in [5.41, 5.74) is 3.18. The van der Waals surface area contributed by atoms with Crippen LogP contribution in [0.1, 0.15) is 22.8 Å². The number of hydrogen-bond donors (Lipinski definition) is 1. The number of hydrogen-bond acceptors (Lipinski definition) is 3. The largest absolute Gasteiger partial charge is 0.387 e. The van der Waals surface area contributed by atoms with Gasteiger partial charge in [-0.1, -0.05) is 84.9 Å². The molecule has 0 aliphatic rings. The van der Waals surface area contributed by atoms with Gasteiger partial charge < -0.3 is 5.11 Å². The molecule has 0 saturated carbocycles. The molecule has 0 radical (unpaired) electrons. The van der Waals surface area contributed by atoms with Crippen LogP contribution < -0.4 is 0 Å². The van der Waals surface area contributed by atoms with Gasteiger partial charge >= 0.3 is 0 Å². The van der Waals surface area contributed by atoms with E-state index in [9.17, 15) is 13.5 Å². The molecule has 3 rings (SSSR count). The third-order valence-electron chi connectivity index (χ3n) is 4.77. The Morgan fingerprint density at radius 1 is 0.931 bits per heavy atom. The van der Waals surface area contributed by atoms with Gasteiger partial charge in [0.2, 0.25) is 10.0 Å². The van der Waals surface area contributed by atoms with E-state index in [2.05, 4.69) is 6.58 Å². The minimum atomic E-state index is -3.81. The van der Waals surface area contributed by atoms with Crippen molar-refractivity contribution in [3.05, 3.63) is 108 Å². The van der Waals surface area contributed by atoms with Crippen molar-refractivity contribution in [1.29, 1.82) is 0 Å². The minimum absolute atomic E-state index is 0.0634. The van der Waals surface area contributed by atoms with E-state index in [0.29, 0.717) is 11.1 Å². The van der Waals surface area contributed by atoms with Gasteiger partial charge in [0.15, 0.2) is 0 Å². The third-order valence-corrected chi connectivity index (χ3v) is 6.59. The predicted octanol–water partition coefficient (Wildman–Crippen LogP) is 4.43. The molecule has 0 aromatic heterocycles. The van der Waals surface area contributed by atoms with E-state index in [1.54, 1.807) is 36.4 Å². The molecule has 0 amide bonds. The number of benzene rings is 3. The van der Waals surface area contributed by atoms with Crippen molar-refractivity contribution < 1.29 is 13.5 Å². The number of sulfonamides is 1. The van der Waals surface area contributed by atoms with Gasteiger partial charge in [0.25, 0.3) is 0 Å². The van der Waals surface area contributed by atoms with Crippen molar-refractivity contribution in [3.63, 3.8) is 0 Å². The number of nitrogens with zero attached hydrogens (tertiary/aromatic N) is 1. The first-order valence-electron chi connectivity index (χ1n) is 9.41. The third kappa shape index (κ3) is 5.21. The van der Waals surface area contributed by atoms with Crippen LogP contribution in [-0.2, 0) is 10.0 Å². The van der Waals surface area contributed by atoms with Crippen molar-refractivity contribution in [3.8, 4) is 0 Å². The van der Waals surface area contributed by atoms with Crippen LogP contribution in [0.2, 0.25) is 0 Å². The average molecular weight is 408 g/mol. The standard InChI is InChI=1S/C24H25NO3S/c1-19-13-15-23(16-14-19)29(27,28)25(17-20(2)21-9-5-3-6-10-21)18-24(26)22-11-7-4-8-12-22/h3-16,24,26H,2,17-18H2,1H3. The normalized spacial score (nSPS) is 12.7. The fourth-order valence-corrected chi connectivity index (χ4v) is 4.50. The van der Waals surface area contributed by atoms with Gasteiger partial charge in [-0.2, -0.15) is 4.31 Å². The first-order valence-corrected chi connectivity index (χ1v) is 10.8. The predicted molar refractivity (Wildman–Crippen MR) is 117 cm³/mol. The molecule has 0 bridgehead atoms. The number of aliphatic hydroxyl groups excluding tert-OH is 1. The SMILES string of the molecule is C=C(CN(CC(O)c1ccccc1)S(=O)(=O)c1ccc(C)cc1)c1ccccc1. The van der Waals surface area contributed by atoms with Crippen LogP contribution in [0.4, 0.5) is 0 Å². The van der Waals surface area contributed by atoms with E-state index in [0.717, 1.165) is 11.1 Å². The second-order valence-corrected chi connectivity index (χ2v) is 8.94. The van der Waals surface area contributed by atoms with E-state index >= 15 is 0 Å². The van der Waals surface area contributed by atoms with Crippen molar-refractivity contribution in [2.24, 2.45) is 0 Å². The summed E-state index contributed by atoms with van der Waals surface area (Å²) in [6, 6.07) is 25.3. The Balaban J connectivity index is 1.92. The second kappa shape index (κ2) is 9.18. The summed E-state index contributed by atoms with van der Waals surface area (Å²) >= 11 is 0. The molecule has 0 saturated heterocycles. The highest BCUT2D eigenvalue weighted by atomic mass is 32.2. The molecule has 1 atom stereocenters. The first kappa shape index (κ1) is 21.0. The lowest BCUT2D eigenvalue weighted by atomic mass is 10.1. The molecular formula is C24H25NO3S. The van der Waals surface area contributed by atoms with Crippen molar-refractivity contribution >= 4 is 15.6 Å². The van der Waals surface area contributed by atoms with Gasteiger partial charge in [-0.25, -0.2) is 8.42 Å². The summed E-state index contributed by atoms with van der Waals surface area (Å²) in [4.78, 5) is 0.198. The van der Waals surface area contributed by atoms with E-state index < -0.39 is 16.1 Å². The molecule has 0 aliphatic carbocycles. The summed E-state index contributed by atoms with van der Waals surface area (Å²) in [5, 5.41) is 10.7. The molecule has 150 valence electrons. The Labute approximate surface area is 172 Å². The Kier molecular flexibility index (Phi) is 6.64. The maximum absolute atomic E-state index is 13.4. The highest BCUT2D eigenvalue weighted by Crippen LogP contribution is 2.24. The van der Waals surface area contributed by atoms with Gasteiger partial charge in [0.05, 0.1) is 11.0 Å². The van der Waals surface area contributed by atoms with Crippen molar-refractivity contribution in [1.82, 2.24) is 4.31 Å². The van der Waals surface area contributed by atoms with E-state index in [-0.39, 0.29) is 18.0 Å². The van der Waals surface area contributed by atoms with Gasteiger partial charge in [-0.05, 0) is 35.8 Å². The van der Waals surface area contributed by atoms with E-state index in [1.165, 1.54) is 4.31 Å². The molecule has 0 aliphatic heterocycles. The van der Waals surface area contributed by atoms with Crippen molar-refractivity contribution in [2.45, 2.75) is 17.9 Å². The maximum atomic E-state index is 13.4. The zero-order valence-corrected chi connectivity index (χ0v) is 17.2. The zero-order chi connectivity index (χ0) is 20.9. The zero-order valence-electron chi connectivity index (χ0n) is 16.4. The quantitative estimate of drug-likeness (QED) is 0.601. The maximum Gasteiger partial charge on any atom is 0.243 e.